The number of carbonyl (C=O) groups is 2. The molecule has 2 aromatic rings. The number of hydrazone groups is 1. The van der Waals surface area contributed by atoms with Gasteiger partial charge in [0.25, 0.3) is 11.8 Å². The fourth-order valence-electron chi connectivity index (χ4n) is 2.73. The van der Waals surface area contributed by atoms with Crippen LogP contribution in [0.4, 0.5) is 0 Å². The van der Waals surface area contributed by atoms with Gasteiger partial charge in [-0.05, 0) is 55.2 Å². The number of nitrogens with one attached hydrogen (secondary N) is 1. The van der Waals surface area contributed by atoms with Gasteiger partial charge in [0.2, 0.25) is 0 Å². The van der Waals surface area contributed by atoms with E-state index in [-0.39, 0.29) is 24.2 Å². The molecule has 9 heteroatoms. The number of benzene rings is 1. The number of hydrogen-bond donors (Lipinski definition) is 1. The first-order chi connectivity index (χ1) is 14.2. The molecule has 29 heavy (non-hydrogen) atoms. The Labute approximate surface area is 173 Å². The van der Waals surface area contributed by atoms with Crippen molar-refractivity contribution in [1.82, 2.24) is 20.3 Å². The minimum Gasteiger partial charge on any atom is -0.484 e. The smallest absolute Gasteiger partial charge is 0.260 e. The normalized spacial score (nSPS) is 14.0. The molecule has 1 N–H and O–H groups in total. The number of likely N-dealkylation sites (tertiary alicyclic amines) is 1. The van der Waals surface area contributed by atoms with Crippen molar-refractivity contribution in [2.75, 3.05) is 25.4 Å². The highest BCUT2D eigenvalue weighted by Gasteiger charge is 2.16. The van der Waals surface area contributed by atoms with Gasteiger partial charge in [-0.2, -0.15) is 5.10 Å². The summed E-state index contributed by atoms with van der Waals surface area (Å²) in [6.07, 6.45) is 8.12. The first-order valence-corrected chi connectivity index (χ1v) is 10.4. The Morgan fingerprint density at radius 3 is 2.59 bits per heavy atom. The average Bonchev–Trinajstić information content (AvgIpc) is 2.78. The second kappa shape index (κ2) is 11.2. The lowest BCUT2D eigenvalue weighted by molar-refractivity contribution is -0.134. The van der Waals surface area contributed by atoms with E-state index in [0.717, 1.165) is 31.5 Å². The zero-order chi connectivity index (χ0) is 20.3. The van der Waals surface area contributed by atoms with Crippen molar-refractivity contribution in [2.24, 2.45) is 5.10 Å². The molecule has 0 aliphatic carbocycles. The van der Waals surface area contributed by atoms with E-state index in [1.54, 1.807) is 36.8 Å². The Morgan fingerprint density at radius 2 is 1.86 bits per heavy atom. The molecule has 1 aromatic heterocycles. The standard InChI is InChI=1S/C20H23N5O3S/c26-18(15-29-20-21-9-4-10-22-20)24-23-13-16-5-7-17(8-6-16)28-14-19(27)25-11-2-1-3-12-25/h4-10,13H,1-3,11-12,14-15H2,(H,24,26)/b23-13-. The Bertz CT molecular complexity index is 824. The number of amides is 2. The Balaban J connectivity index is 1.38. The molecular weight excluding hydrogens is 390 g/mol. The molecule has 0 saturated carbocycles. The lowest BCUT2D eigenvalue weighted by Crippen LogP contribution is -2.38. The second-order valence-corrected chi connectivity index (χ2v) is 7.35. The predicted molar refractivity (Wildman–Crippen MR) is 111 cm³/mol. The summed E-state index contributed by atoms with van der Waals surface area (Å²) in [7, 11) is 0. The van der Waals surface area contributed by atoms with Crippen LogP contribution in [-0.4, -0.2) is 58.3 Å². The summed E-state index contributed by atoms with van der Waals surface area (Å²) in [5.74, 6) is 0.585. The van der Waals surface area contributed by atoms with Gasteiger partial charge < -0.3 is 9.64 Å². The van der Waals surface area contributed by atoms with Crippen LogP contribution in [0.25, 0.3) is 0 Å². The summed E-state index contributed by atoms with van der Waals surface area (Å²) in [5, 5.41) is 4.48. The highest BCUT2D eigenvalue weighted by atomic mass is 32.2. The van der Waals surface area contributed by atoms with E-state index in [2.05, 4.69) is 20.5 Å². The molecular formula is C20H23N5O3S. The van der Waals surface area contributed by atoms with E-state index < -0.39 is 0 Å². The minimum atomic E-state index is -0.241. The van der Waals surface area contributed by atoms with Crippen molar-refractivity contribution < 1.29 is 14.3 Å². The summed E-state index contributed by atoms with van der Waals surface area (Å²) in [4.78, 5) is 33.8. The van der Waals surface area contributed by atoms with E-state index in [1.807, 2.05) is 17.0 Å². The van der Waals surface area contributed by atoms with Crippen LogP contribution < -0.4 is 10.2 Å². The molecule has 1 aliphatic rings. The monoisotopic (exact) mass is 413 g/mol. The van der Waals surface area contributed by atoms with Gasteiger partial charge in [0.15, 0.2) is 11.8 Å². The molecule has 0 unspecified atom stereocenters. The SMILES string of the molecule is O=C(CSc1ncccn1)N/N=C\c1ccc(OCC(=O)N2CCCCC2)cc1. The summed E-state index contributed by atoms with van der Waals surface area (Å²) in [6, 6.07) is 8.88. The van der Waals surface area contributed by atoms with E-state index in [0.29, 0.717) is 10.9 Å². The Kier molecular flexibility index (Phi) is 8.00. The molecule has 1 aromatic carbocycles. The van der Waals surface area contributed by atoms with Gasteiger partial charge in [0, 0.05) is 25.5 Å². The third kappa shape index (κ3) is 7.19. The number of aromatic nitrogens is 2. The maximum atomic E-state index is 12.1. The van der Waals surface area contributed by atoms with Crippen LogP contribution in [0, 0.1) is 0 Å². The second-order valence-electron chi connectivity index (χ2n) is 6.41. The third-order valence-corrected chi connectivity index (χ3v) is 5.10. The molecule has 1 aliphatic heterocycles. The lowest BCUT2D eigenvalue weighted by Gasteiger charge is -2.26. The van der Waals surface area contributed by atoms with Gasteiger partial charge in [0.05, 0.1) is 12.0 Å². The van der Waals surface area contributed by atoms with Crippen LogP contribution in [0.1, 0.15) is 24.8 Å². The molecule has 2 amide bonds. The van der Waals surface area contributed by atoms with Crippen LogP contribution in [-0.2, 0) is 9.59 Å². The van der Waals surface area contributed by atoms with Crippen LogP contribution in [0.15, 0.2) is 53.0 Å². The first kappa shape index (κ1) is 20.8. The van der Waals surface area contributed by atoms with Crippen LogP contribution in [0.5, 0.6) is 5.75 Å². The first-order valence-electron chi connectivity index (χ1n) is 9.43. The van der Waals surface area contributed by atoms with Gasteiger partial charge >= 0.3 is 0 Å². The van der Waals surface area contributed by atoms with Crippen molar-refractivity contribution in [3.8, 4) is 5.75 Å². The Hall–Kier alpha value is -2.94. The van der Waals surface area contributed by atoms with Gasteiger partial charge in [-0.3, -0.25) is 9.59 Å². The molecule has 0 radical (unpaired) electrons. The van der Waals surface area contributed by atoms with Crippen molar-refractivity contribution in [2.45, 2.75) is 24.4 Å². The van der Waals surface area contributed by atoms with Crippen LogP contribution in [0.3, 0.4) is 0 Å². The molecule has 8 nitrogen and oxygen atoms in total. The van der Waals surface area contributed by atoms with E-state index in [4.69, 9.17) is 4.74 Å². The van der Waals surface area contributed by atoms with Gasteiger partial charge in [-0.25, -0.2) is 15.4 Å². The number of ether oxygens (including phenoxy) is 1. The molecule has 1 fully saturated rings. The quantitative estimate of drug-likeness (QED) is 0.308. The molecule has 0 bridgehead atoms. The number of nitrogens with zero attached hydrogens (tertiary/aromatic N) is 4. The zero-order valence-corrected chi connectivity index (χ0v) is 16.8. The van der Waals surface area contributed by atoms with Crippen molar-refractivity contribution in [3.05, 3.63) is 48.3 Å². The van der Waals surface area contributed by atoms with Gasteiger partial charge in [0.1, 0.15) is 5.75 Å². The van der Waals surface area contributed by atoms with Crippen molar-refractivity contribution in [3.63, 3.8) is 0 Å². The lowest BCUT2D eigenvalue weighted by atomic mass is 10.1. The number of rotatable bonds is 8. The summed E-state index contributed by atoms with van der Waals surface area (Å²) in [5.41, 5.74) is 3.27. The average molecular weight is 414 g/mol. The fourth-order valence-corrected chi connectivity index (χ4v) is 3.33. The van der Waals surface area contributed by atoms with Crippen molar-refractivity contribution >= 4 is 29.8 Å². The zero-order valence-electron chi connectivity index (χ0n) is 16.0. The van der Waals surface area contributed by atoms with Crippen LogP contribution >= 0.6 is 11.8 Å². The summed E-state index contributed by atoms with van der Waals surface area (Å²) < 4.78 is 5.57. The fraction of sp³-hybridized carbons (Fsp3) is 0.350. The third-order valence-electron chi connectivity index (χ3n) is 4.23. The summed E-state index contributed by atoms with van der Waals surface area (Å²) >= 11 is 1.24. The molecule has 2 heterocycles. The van der Waals surface area contributed by atoms with E-state index >= 15 is 0 Å². The van der Waals surface area contributed by atoms with E-state index in [9.17, 15) is 9.59 Å². The van der Waals surface area contributed by atoms with Crippen molar-refractivity contribution in [1.29, 1.82) is 0 Å². The topological polar surface area (TPSA) is 96.8 Å². The maximum absolute atomic E-state index is 12.1. The number of piperidine rings is 1. The van der Waals surface area contributed by atoms with E-state index in [1.165, 1.54) is 18.2 Å². The predicted octanol–water partition coefficient (Wildman–Crippen LogP) is 2.11. The summed E-state index contributed by atoms with van der Waals surface area (Å²) in [6.45, 7) is 1.69. The molecule has 0 spiro atoms. The highest BCUT2D eigenvalue weighted by Crippen LogP contribution is 2.13. The molecule has 1 saturated heterocycles. The number of thioether (sulfide) groups is 1. The highest BCUT2D eigenvalue weighted by molar-refractivity contribution is 7.99. The largest absolute Gasteiger partial charge is 0.484 e. The number of hydrogen-bond acceptors (Lipinski definition) is 7. The van der Waals surface area contributed by atoms with Gasteiger partial charge in [-0.15, -0.1) is 0 Å². The molecule has 3 rings (SSSR count). The van der Waals surface area contributed by atoms with Crippen LogP contribution in [0.2, 0.25) is 0 Å². The number of carbonyl (C=O) groups excluding carboxylic acids is 2. The minimum absolute atomic E-state index is 0.0248. The Morgan fingerprint density at radius 1 is 1.14 bits per heavy atom. The molecule has 0 atom stereocenters. The molecule has 152 valence electrons. The van der Waals surface area contributed by atoms with Gasteiger partial charge in [-0.1, -0.05) is 11.8 Å². The maximum Gasteiger partial charge on any atom is 0.260 e.